The maximum absolute atomic E-state index is 12.9. The first-order chi connectivity index (χ1) is 9.22. The predicted molar refractivity (Wildman–Crippen MR) is 69.4 cm³/mol. The summed E-state index contributed by atoms with van der Waals surface area (Å²) in [5.41, 5.74) is 0.839. The Hall–Kier alpha value is -1.66. The minimum absolute atomic E-state index is 0.0279. The number of urea groups is 1. The molecule has 0 saturated heterocycles. The van der Waals surface area contributed by atoms with E-state index in [4.69, 9.17) is 9.84 Å². The van der Waals surface area contributed by atoms with Crippen LogP contribution in [0.4, 0.5) is 9.18 Å². The van der Waals surface area contributed by atoms with Crippen molar-refractivity contribution in [3.8, 4) is 0 Å². The van der Waals surface area contributed by atoms with E-state index in [0.29, 0.717) is 26.1 Å². The monoisotopic (exact) mass is 270 g/mol. The summed E-state index contributed by atoms with van der Waals surface area (Å²) in [6.07, 6.45) is 0.576. The number of halogens is 1. The quantitative estimate of drug-likeness (QED) is 0.608. The van der Waals surface area contributed by atoms with Gasteiger partial charge in [0.05, 0.1) is 19.8 Å². The number of hydrogen-bond donors (Lipinski definition) is 3. The van der Waals surface area contributed by atoms with Crippen molar-refractivity contribution in [1.29, 1.82) is 0 Å². The molecule has 5 nitrogen and oxygen atoms in total. The first-order valence-corrected chi connectivity index (χ1v) is 6.17. The van der Waals surface area contributed by atoms with E-state index in [-0.39, 0.29) is 25.1 Å². The van der Waals surface area contributed by atoms with Gasteiger partial charge in [-0.05, 0) is 24.1 Å². The Morgan fingerprint density at radius 3 is 2.79 bits per heavy atom. The Bertz CT molecular complexity index is 388. The molecule has 0 spiro atoms. The van der Waals surface area contributed by atoms with Gasteiger partial charge >= 0.3 is 6.03 Å². The van der Waals surface area contributed by atoms with Crippen molar-refractivity contribution in [2.75, 3.05) is 32.9 Å². The maximum atomic E-state index is 12.9. The number of amides is 2. The number of rotatable bonds is 8. The van der Waals surface area contributed by atoms with E-state index in [9.17, 15) is 9.18 Å². The Balaban J connectivity index is 2.07. The van der Waals surface area contributed by atoms with Crippen LogP contribution in [0.3, 0.4) is 0 Å². The topological polar surface area (TPSA) is 70.6 Å². The van der Waals surface area contributed by atoms with Crippen LogP contribution in [0.15, 0.2) is 24.3 Å². The first kappa shape index (κ1) is 15.4. The lowest BCUT2D eigenvalue weighted by Gasteiger charge is -2.08. The number of aliphatic hydroxyl groups excluding tert-OH is 1. The van der Waals surface area contributed by atoms with Gasteiger partial charge in [-0.2, -0.15) is 0 Å². The van der Waals surface area contributed by atoms with Crippen LogP contribution in [0.1, 0.15) is 5.56 Å². The second-order valence-electron chi connectivity index (χ2n) is 3.90. The van der Waals surface area contributed by atoms with Crippen molar-refractivity contribution in [2.24, 2.45) is 0 Å². The number of benzene rings is 1. The molecule has 0 bridgehead atoms. The van der Waals surface area contributed by atoms with Crippen molar-refractivity contribution in [3.63, 3.8) is 0 Å². The highest BCUT2D eigenvalue weighted by molar-refractivity contribution is 5.73. The molecule has 0 aliphatic heterocycles. The standard InChI is InChI=1S/C13H19FN2O3/c14-12-3-1-2-11(10-12)4-5-15-13(18)16-6-8-19-9-7-17/h1-3,10,17H,4-9H2,(H2,15,16,18). The van der Waals surface area contributed by atoms with E-state index in [1.165, 1.54) is 12.1 Å². The number of carbonyl (C=O) groups is 1. The van der Waals surface area contributed by atoms with Crippen LogP contribution < -0.4 is 10.6 Å². The van der Waals surface area contributed by atoms with Gasteiger partial charge in [0, 0.05) is 13.1 Å². The average molecular weight is 270 g/mol. The van der Waals surface area contributed by atoms with Crippen molar-refractivity contribution < 1.29 is 19.0 Å². The molecule has 3 N–H and O–H groups in total. The maximum Gasteiger partial charge on any atom is 0.314 e. The van der Waals surface area contributed by atoms with E-state index in [1.54, 1.807) is 6.07 Å². The molecule has 106 valence electrons. The summed E-state index contributed by atoms with van der Waals surface area (Å²) < 4.78 is 17.9. The normalized spacial score (nSPS) is 10.2. The summed E-state index contributed by atoms with van der Waals surface area (Å²) in [7, 11) is 0. The number of aliphatic hydroxyl groups is 1. The number of hydrogen-bond acceptors (Lipinski definition) is 3. The smallest absolute Gasteiger partial charge is 0.314 e. The van der Waals surface area contributed by atoms with E-state index in [0.717, 1.165) is 5.56 Å². The fourth-order valence-corrected chi connectivity index (χ4v) is 1.48. The lowest BCUT2D eigenvalue weighted by molar-refractivity contribution is 0.0947. The molecular weight excluding hydrogens is 251 g/mol. The molecule has 0 aromatic heterocycles. The summed E-state index contributed by atoms with van der Waals surface area (Å²) in [4.78, 5) is 11.3. The van der Waals surface area contributed by atoms with Gasteiger partial charge < -0.3 is 20.5 Å². The van der Waals surface area contributed by atoms with Crippen LogP contribution in [0, 0.1) is 5.82 Å². The van der Waals surface area contributed by atoms with Crippen LogP contribution in [0.5, 0.6) is 0 Å². The lowest BCUT2D eigenvalue weighted by Crippen LogP contribution is -2.38. The second-order valence-corrected chi connectivity index (χ2v) is 3.90. The highest BCUT2D eigenvalue weighted by Crippen LogP contribution is 2.03. The largest absolute Gasteiger partial charge is 0.394 e. The molecule has 0 aliphatic rings. The van der Waals surface area contributed by atoms with Crippen LogP contribution in [-0.4, -0.2) is 44.0 Å². The zero-order valence-corrected chi connectivity index (χ0v) is 10.7. The zero-order chi connectivity index (χ0) is 13.9. The van der Waals surface area contributed by atoms with Crippen molar-refractivity contribution in [3.05, 3.63) is 35.6 Å². The summed E-state index contributed by atoms with van der Waals surface area (Å²) in [5, 5.41) is 13.7. The average Bonchev–Trinajstić information content (AvgIpc) is 2.38. The Labute approximate surface area is 111 Å². The van der Waals surface area contributed by atoms with Gasteiger partial charge in [-0.25, -0.2) is 9.18 Å². The van der Waals surface area contributed by atoms with Crippen molar-refractivity contribution in [2.45, 2.75) is 6.42 Å². The van der Waals surface area contributed by atoms with E-state index >= 15 is 0 Å². The fraction of sp³-hybridized carbons (Fsp3) is 0.462. The SMILES string of the molecule is O=C(NCCOCCO)NCCc1cccc(F)c1. The molecule has 6 heteroatoms. The van der Waals surface area contributed by atoms with Gasteiger partial charge in [-0.15, -0.1) is 0 Å². The molecule has 0 radical (unpaired) electrons. The summed E-state index contributed by atoms with van der Waals surface area (Å²) in [5.74, 6) is -0.275. The van der Waals surface area contributed by atoms with Gasteiger partial charge in [0.15, 0.2) is 0 Å². The molecule has 0 atom stereocenters. The van der Waals surface area contributed by atoms with Gasteiger partial charge in [0.2, 0.25) is 0 Å². The Morgan fingerprint density at radius 1 is 1.26 bits per heavy atom. The highest BCUT2D eigenvalue weighted by atomic mass is 19.1. The third-order valence-corrected chi connectivity index (χ3v) is 2.36. The summed E-state index contributed by atoms with van der Waals surface area (Å²) in [6, 6.07) is 6.00. The Kier molecular flexibility index (Phi) is 7.53. The van der Waals surface area contributed by atoms with Gasteiger partial charge in [-0.1, -0.05) is 12.1 Å². The second kappa shape index (κ2) is 9.29. The highest BCUT2D eigenvalue weighted by Gasteiger charge is 2.00. The third kappa shape index (κ3) is 7.38. The fourth-order valence-electron chi connectivity index (χ4n) is 1.48. The molecular formula is C13H19FN2O3. The van der Waals surface area contributed by atoms with Crippen molar-refractivity contribution in [1.82, 2.24) is 10.6 Å². The lowest BCUT2D eigenvalue weighted by atomic mass is 10.1. The zero-order valence-electron chi connectivity index (χ0n) is 10.7. The van der Waals surface area contributed by atoms with E-state index in [2.05, 4.69) is 10.6 Å². The number of ether oxygens (including phenoxy) is 1. The molecule has 0 heterocycles. The molecule has 1 aromatic carbocycles. The van der Waals surface area contributed by atoms with E-state index < -0.39 is 0 Å². The number of nitrogens with one attached hydrogen (secondary N) is 2. The molecule has 2 amide bonds. The minimum atomic E-state index is -0.288. The van der Waals surface area contributed by atoms with Crippen LogP contribution in [0.25, 0.3) is 0 Å². The van der Waals surface area contributed by atoms with Gasteiger partial charge in [0.25, 0.3) is 0 Å². The van der Waals surface area contributed by atoms with Gasteiger partial charge in [0.1, 0.15) is 5.82 Å². The molecule has 0 aliphatic carbocycles. The number of carbonyl (C=O) groups excluding carboxylic acids is 1. The van der Waals surface area contributed by atoms with Crippen LogP contribution in [0.2, 0.25) is 0 Å². The molecule has 0 unspecified atom stereocenters. The van der Waals surface area contributed by atoms with Crippen LogP contribution in [-0.2, 0) is 11.2 Å². The predicted octanol–water partition coefficient (Wildman–Crippen LogP) is 0.676. The molecule has 0 saturated carbocycles. The Morgan fingerprint density at radius 2 is 2.05 bits per heavy atom. The summed E-state index contributed by atoms with van der Waals surface area (Å²) >= 11 is 0. The molecule has 1 rings (SSSR count). The van der Waals surface area contributed by atoms with E-state index in [1.807, 2.05) is 6.07 Å². The molecule has 19 heavy (non-hydrogen) atoms. The molecule has 1 aromatic rings. The minimum Gasteiger partial charge on any atom is -0.394 e. The van der Waals surface area contributed by atoms with Crippen LogP contribution >= 0.6 is 0 Å². The molecule has 0 fully saturated rings. The first-order valence-electron chi connectivity index (χ1n) is 6.17. The van der Waals surface area contributed by atoms with Gasteiger partial charge in [-0.3, -0.25) is 0 Å². The summed E-state index contributed by atoms with van der Waals surface area (Å²) in [6.45, 7) is 1.42. The van der Waals surface area contributed by atoms with Crippen molar-refractivity contribution >= 4 is 6.03 Å². The third-order valence-electron chi connectivity index (χ3n) is 2.36.